The summed E-state index contributed by atoms with van der Waals surface area (Å²) in [6, 6.07) is 7.21. The van der Waals surface area contributed by atoms with Crippen LogP contribution in [0, 0.1) is 0 Å². The summed E-state index contributed by atoms with van der Waals surface area (Å²) in [4.78, 5) is 21.6. The molecule has 1 aliphatic rings. The van der Waals surface area contributed by atoms with Crippen LogP contribution in [0.1, 0.15) is 25.0 Å². The molecule has 7 nitrogen and oxygen atoms in total. The van der Waals surface area contributed by atoms with Crippen molar-refractivity contribution in [3.63, 3.8) is 0 Å². The van der Waals surface area contributed by atoms with Crippen LogP contribution >= 0.6 is 0 Å². The minimum atomic E-state index is -4.27. The first-order valence-corrected chi connectivity index (χ1v) is 9.90. The number of halogens is 3. The summed E-state index contributed by atoms with van der Waals surface area (Å²) in [6.45, 7) is 0.712. The van der Waals surface area contributed by atoms with Crippen molar-refractivity contribution in [3.8, 4) is 17.0 Å². The Morgan fingerprint density at radius 2 is 1.90 bits per heavy atom. The van der Waals surface area contributed by atoms with E-state index in [-0.39, 0.29) is 24.8 Å². The Morgan fingerprint density at radius 3 is 2.48 bits per heavy atom. The summed E-state index contributed by atoms with van der Waals surface area (Å²) in [7, 11) is 1.56. The Bertz CT molecular complexity index is 882. The molecule has 1 N–H and O–H groups in total. The first-order chi connectivity index (χ1) is 14.7. The number of rotatable bonds is 8. The van der Waals surface area contributed by atoms with Gasteiger partial charge in [0.15, 0.2) is 5.82 Å². The molecule has 0 unspecified atom stereocenters. The van der Waals surface area contributed by atoms with E-state index in [0.29, 0.717) is 43.2 Å². The van der Waals surface area contributed by atoms with E-state index < -0.39 is 18.6 Å². The number of ether oxygens (including phenoxy) is 2. The van der Waals surface area contributed by atoms with Crippen LogP contribution in [0.15, 0.2) is 30.5 Å². The van der Waals surface area contributed by atoms with Crippen LogP contribution in [-0.2, 0) is 16.0 Å². The Hall–Kier alpha value is -2.88. The molecule has 1 saturated heterocycles. The fourth-order valence-corrected chi connectivity index (χ4v) is 3.40. The highest BCUT2D eigenvalue weighted by atomic mass is 19.4. The van der Waals surface area contributed by atoms with Crippen molar-refractivity contribution in [2.24, 2.45) is 0 Å². The lowest BCUT2D eigenvalue weighted by Crippen LogP contribution is -2.38. The Labute approximate surface area is 177 Å². The second kappa shape index (κ2) is 9.95. The molecule has 10 heteroatoms. The number of aliphatic carboxylic acids is 1. The second-order valence-electron chi connectivity index (χ2n) is 7.27. The molecule has 3 rings (SSSR count). The SMILES string of the molecule is COc1ccc(-c2ncc(CCC(F)(F)F)nc2N2CCC(OCC(=O)O)CC2)cc1. The molecule has 1 aromatic heterocycles. The zero-order valence-corrected chi connectivity index (χ0v) is 17.1. The lowest BCUT2D eigenvalue weighted by Gasteiger charge is -2.33. The molecule has 0 bridgehead atoms. The van der Waals surface area contributed by atoms with Crippen LogP contribution < -0.4 is 9.64 Å². The third kappa shape index (κ3) is 6.55. The van der Waals surface area contributed by atoms with Gasteiger partial charge in [0.25, 0.3) is 0 Å². The van der Waals surface area contributed by atoms with E-state index >= 15 is 0 Å². The summed E-state index contributed by atoms with van der Waals surface area (Å²) >= 11 is 0. The van der Waals surface area contributed by atoms with Gasteiger partial charge in [-0.15, -0.1) is 0 Å². The molecule has 1 aromatic carbocycles. The van der Waals surface area contributed by atoms with Gasteiger partial charge in [-0.05, 0) is 43.5 Å². The van der Waals surface area contributed by atoms with Gasteiger partial charge in [-0.3, -0.25) is 4.98 Å². The smallest absolute Gasteiger partial charge is 0.389 e. The number of methoxy groups -OCH3 is 1. The van der Waals surface area contributed by atoms with Crippen LogP contribution in [0.25, 0.3) is 11.3 Å². The van der Waals surface area contributed by atoms with E-state index in [1.165, 1.54) is 6.20 Å². The van der Waals surface area contributed by atoms with E-state index in [4.69, 9.17) is 14.6 Å². The highest BCUT2D eigenvalue weighted by Crippen LogP contribution is 2.31. The standard InChI is InChI=1S/C21H24F3N3O4/c1-30-16-4-2-14(3-5-16)19-20(26-15(12-25-19)6-9-21(22,23)24)27-10-7-17(8-11-27)31-13-18(28)29/h2-5,12,17H,6-11,13H2,1H3,(H,28,29). The van der Waals surface area contributed by atoms with Gasteiger partial charge in [0.1, 0.15) is 18.1 Å². The molecule has 0 radical (unpaired) electrons. The monoisotopic (exact) mass is 439 g/mol. The fourth-order valence-electron chi connectivity index (χ4n) is 3.40. The van der Waals surface area contributed by atoms with Crippen molar-refractivity contribution < 1.29 is 32.5 Å². The van der Waals surface area contributed by atoms with Gasteiger partial charge in [0.05, 0.1) is 18.9 Å². The third-order valence-electron chi connectivity index (χ3n) is 5.02. The second-order valence-corrected chi connectivity index (χ2v) is 7.27. The molecule has 0 atom stereocenters. The largest absolute Gasteiger partial charge is 0.497 e. The van der Waals surface area contributed by atoms with Crippen molar-refractivity contribution in [1.82, 2.24) is 9.97 Å². The summed E-state index contributed by atoms with van der Waals surface area (Å²) in [5, 5.41) is 8.77. The van der Waals surface area contributed by atoms with Gasteiger partial charge in [0.2, 0.25) is 0 Å². The molecule has 0 aliphatic carbocycles. The van der Waals surface area contributed by atoms with Crippen molar-refractivity contribution >= 4 is 11.8 Å². The molecular weight excluding hydrogens is 415 g/mol. The molecule has 1 fully saturated rings. The quantitative estimate of drug-likeness (QED) is 0.671. The van der Waals surface area contributed by atoms with Crippen molar-refractivity contribution in [3.05, 3.63) is 36.2 Å². The van der Waals surface area contributed by atoms with Gasteiger partial charge < -0.3 is 19.5 Å². The predicted octanol–water partition coefficient (Wildman–Crippen LogP) is 3.72. The maximum absolute atomic E-state index is 12.7. The van der Waals surface area contributed by atoms with Crippen molar-refractivity contribution in [2.75, 3.05) is 31.7 Å². The Morgan fingerprint density at radius 1 is 1.23 bits per heavy atom. The molecule has 0 amide bonds. The Kier molecular flexibility index (Phi) is 7.32. The summed E-state index contributed by atoms with van der Waals surface area (Å²) in [5.74, 6) is 0.172. The summed E-state index contributed by atoms with van der Waals surface area (Å²) in [6.07, 6.45) is -3.10. The number of carboxylic acid groups (broad SMARTS) is 1. The number of anilines is 1. The molecule has 2 aromatic rings. The first kappa shape index (κ1) is 22.8. The molecule has 0 spiro atoms. The number of carbonyl (C=O) groups is 1. The van der Waals surface area contributed by atoms with Crippen LogP contribution in [0.3, 0.4) is 0 Å². The fraction of sp³-hybridized carbons (Fsp3) is 0.476. The number of aromatic nitrogens is 2. The van der Waals surface area contributed by atoms with E-state index in [2.05, 4.69) is 9.97 Å². The van der Waals surface area contributed by atoms with E-state index in [1.807, 2.05) is 17.0 Å². The number of piperidine rings is 1. The minimum Gasteiger partial charge on any atom is -0.497 e. The average Bonchev–Trinajstić information content (AvgIpc) is 2.76. The van der Waals surface area contributed by atoms with Crippen LogP contribution in [-0.4, -0.2) is 60.1 Å². The first-order valence-electron chi connectivity index (χ1n) is 9.90. The molecular formula is C21H24F3N3O4. The van der Waals surface area contributed by atoms with Crippen LogP contribution in [0.2, 0.25) is 0 Å². The number of hydrogen-bond donors (Lipinski definition) is 1. The number of carboxylic acids is 1. The van der Waals surface area contributed by atoms with Crippen molar-refractivity contribution in [2.45, 2.75) is 38.0 Å². The van der Waals surface area contributed by atoms with Gasteiger partial charge in [-0.2, -0.15) is 13.2 Å². The highest BCUT2D eigenvalue weighted by Gasteiger charge is 2.28. The Balaban J connectivity index is 1.83. The number of hydrogen-bond acceptors (Lipinski definition) is 6. The maximum atomic E-state index is 12.7. The highest BCUT2D eigenvalue weighted by molar-refractivity contribution is 5.72. The number of aryl methyl sites for hydroxylation is 1. The van der Waals surface area contributed by atoms with Crippen LogP contribution in [0.4, 0.5) is 19.0 Å². The number of alkyl halides is 3. The molecule has 31 heavy (non-hydrogen) atoms. The van der Waals surface area contributed by atoms with Gasteiger partial charge in [0, 0.05) is 31.3 Å². The molecule has 0 saturated carbocycles. The number of nitrogens with zero attached hydrogens (tertiary/aromatic N) is 3. The van der Waals surface area contributed by atoms with Crippen LogP contribution in [0.5, 0.6) is 5.75 Å². The lowest BCUT2D eigenvalue weighted by molar-refractivity contribution is -0.144. The predicted molar refractivity (Wildman–Crippen MR) is 107 cm³/mol. The van der Waals surface area contributed by atoms with Gasteiger partial charge in [-0.25, -0.2) is 9.78 Å². The molecule has 168 valence electrons. The normalized spacial score (nSPS) is 15.2. The molecule has 1 aliphatic heterocycles. The van der Waals surface area contributed by atoms with Gasteiger partial charge in [-0.1, -0.05) is 0 Å². The van der Waals surface area contributed by atoms with Gasteiger partial charge >= 0.3 is 12.1 Å². The van der Waals surface area contributed by atoms with E-state index in [1.54, 1.807) is 19.2 Å². The average molecular weight is 439 g/mol. The summed E-state index contributed by atoms with van der Waals surface area (Å²) < 4.78 is 48.5. The molecule has 2 heterocycles. The minimum absolute atomic E-state index is 0.182. The van der Waals surface area contributed by atoms with Crippen molar-refractivity contribution in [1.29, 1.82) is 0 Å². The maximum Gasteiger partial charge on any atom is 0.389 e. The zero-order chi connectivity index (χ0) is 22.4. The number of benzene rings is 1. The zero-order valence-electron chi connectivity index (χ0n) is 17.1. The lowest BCUT2D eigenvalue weighted by atomic mass is 10.1. The van der Waals surface area contributed by atoms with E-state index in [0.717, 1.165) is 5.56 Å². The van der Waals surface area contributed by atoms with E-state index in [9.17, 15) is 18.0 Å². The topological polar surface area (TPSA) is 84.8 Å². The third-order valence-corrected chi connectivity index (χ3v) is 5.02. The summed E-state index contributed by atoms with van der Waals surface area (Å²) in [5.41, 5.74) is 1.62.